The molecule has 1 heterocycles. The first kappa shape index (κ1) is 18.6. The largest absolute Gasteiger partial charge is 0.496 e. The van der Waals surface area contributed by atoms with Gasteiger partial charge in [-0.15, -0.1) is 0 Å². The van der Waals surface area contributed by atoms with Gasteiger partial charge in [-0.1, -0.05) is 18.2 Å². The van der Waals surface area contributed by atoms with Crippen molar-refractivity contribution in [3.8, 4) is 5.75 Å². The Morgan fingerprint density at radius 1 is 1.42 bits per heavy atom. The number of hydrogen-bond donors (Lipinski definition) is 1. The summed E-state index contributed by atoms with van der Waals surface area (Å²) < 4.78 is 5.46. The standard InChI is InChI=1S/C19H32N4O/c1-5-20-19(21-13-16-9-8-12-22(2)14-16)23(3)15-17-10-6-7-11-18(17)24-4/h6-7,10-11,16H,5,8-9,12-15H2,1-4H3,(H,20,21). The maximum Gasteiger partial charge on any atom is 0.193 e. The molecule has 1 aliphatic rings. The van der Waals surface area contributed by atoms with Crippen molar-refractivity contribution >= 4 is 5.96 Å². The molecule has 0 aromatic heterocycles. The summed E-state index contributed by atoms with van der Waals surface area (Å²) in [4.78, 5) is 9.47. The third kappa shape index (κ3) is 5.41. The number of nitrogens with zero attached hydrogens (tertiary/aromatic N) is 3. The Labute approximate surface area is 146 Å². The number of likely N-dealkylation sites (tertiary alicyclic amines) is 1. The van der Waals surface area contributed by atoms with Crippen LogP contribution in [0.4, 0.5) is 0 Å². The van der Waals surface area contributed by atoms with Crippen molar-refractivity contribution < 1.29 is 4.74 Å². The fourth-order valence-corrected chi connectivity index (χ4v) is 3.27. The zero-order chi connectivity index (χ0) is 17.4. The van der Waals surface area contributed by atoms with Gasteiger partial charge >= 0.3 is 0 Å². The van der Waals surface area contributed by atoms with Crippen molar-refractivity contribution in [2.24, 2.45) is 10.9 Å². The maximum absolute atomic E-state index is 5.46. The van der Waals surface area contributed by atoms with E-state index < -0.39 is 0 Å². The monoisotopic (exact) mass is 332 g/mol. The van der Waals surface area contributed by atoms with E-state index in [1.807, 2.05) is 18.2 Å². The Bertz CT molecular complexity index is 532. The average molecular weight is 332 g/mol. The number of nitrogens with one attached hydrogen (secondary N) is 1. The van der Waals surface area contributed by atoms with Crippen molar-refractivity contribution in [1.82, 2.24) is 15.1 Å². The number of aliphatic imine (C=N–C) groups is 1. The van der Waals surface area contributed by atoms with Crippen LogP contribution >= 0.6 is 0 Å². The van der Waals surface area contributed by atoms with Crippen molar-refractivity contribution in [3.05, 3.63) is 29.8 Å². The Morgan fingerprint density at radius 3 is 2.92 bits per heavy atom. The summed E-state index contributed by atoms with van der Waals surface area (Å²) in [5.41, 5.74) is 1.17. The highest BCUT2D eigenvalue weighted by Crippen LogP contribution is 2.19. The van der Waals surface area contributed by atoms with Crippen molar-refractivity contribution in [2.45, 2.75) is 26.3 Å². The summed E-state index contributed by atoms with van der Waals surface area (Å²) in [5.74, 6) is 2.56. The second-order valence-electron chi connectivity index (χ2n) is 6.63. The molecule has 0 aliphatic carbocycles. The molecule has 1 atom stereocenters. The van der Waals surface area contributed by atoms with E-state index in [4.69, 9.17) is 9.73 Å². The van der Waals surface area contributed by atoms with Gasteiger partial charge < -0.3 is 19.9 Å². The van der Waals surface area contributed by atoms with Crippen LogP contribution in [0.1, 0.15) is 25.3 Å². The topological polar surface area (TPSA) is 40.1 Å². The predicted octanol–water partition coefficient (Wildman–Crippen LogP) is 2.43. The van der Waals surface area contributed by atoms with E-state index >= 15 is 0 Å². The van der Waals surface area contributed by atoms with Gasteiger partial charge in [-0.3, -0.25) is 4.99 Å². The highest BCUT2D eigenvalue weighted by atomic mass is 16.5. The predicted molar refractivity (Wildman–Crippen MR) is 101 cm³/mol. The lowest BCUT2D eigenvalue weighted by Gasteiger charge is -2.29. The SMILES string of the molecule is CCNC(=NCC1CCCN(C)C1)N(C)Cc1ccccc1OC. The number of ether oxygens (including phenoxy) is 1. The molecule has 2 rings (SSSR count). The third-order valence-corrected chi connectivity index (χ3v) is 4.52. The molecule has 0 saturated carbocycles. The van der Waals surface area contributed by atoms with Crippen LogP contribution in [0.25, 0.3) is 0 Å². The molecule has 1 saturated heterocycles. The van der Waals surface area contributed by atoms with Crippen molar-refractivity contribution in [3.63, 3.8) is 0 Å². The smallest absolute Gasteiger partial charge is 0.193 e. The van der Waals surface area contributed by atoms with E-state index in [-0.39, 0.29) is 0 Å². The number of piperidine rings is 1. The summed E-state index contributed by atoms with van der Waals surface area (Å²) in [6.45, 7) is 7.02. The highest BCUT2D eigenvalue weighted by molar-refractivity contribution is 5.79. The molecule has 1 aromatic rings. The van der Waals surface area contributed by atoms with Gasteiger partial charge in [0.2, 0.25) is 0 Å². The molecule has 1 N–H and O–H groups in total. The maximum atomic E-state index is 5.46. The van der Waals surface area contributed by atoms with E-state index in [1.165, 1.54) is 24.9 Å². The van der Waals surface area contributed by atoms with Gasteiger partial charge in [0.15, 0.2) is 5.96 Å². The van der Waals surface area contributed by atoms with Gasteiger partial charge in [-0.05, 0) is 45.3 Å². The molecule has 5 heteroatoms. The van der Waals surface area contributed by atoms with Crippen LogP contribution in [0.3, 0.4) is 0 Å². The second kappa shape index (κ2) is 9.52. The van der Waals surface area contributed by atoms with E-state index in [2.05, 4.69) is 42.2 Å². The van der Waals surface area contributed by atoms with E-state index in [9.17, 15) is 0 Å². The van der Waals surface area contributed by atoms with Crippen molar-refractivity contribution in [2.75, 3.05) is 47.4 Å². The fourth-order valence-electron chi connectivity index (χ4n) is 3.27. The molecular weight excluding hydrogens is 300 g/mol. The Kier molecular flexibility index (Phi) is 7.37. The van der Waals surface area contributed by atoms with E-state index in [0.29, 0.717) is 5.92 Å². The van der Waals surface area contributed by atoms with Crippen LogP contribution in [-0.4, -0.2) is 63.1 Å². The zero-order valence-electron chi connectivity index (χ0n) is 15.6. The quantitative estimate of drug-likeness (QED) is 0.642. The summed E-state index contributed by atoms with van der Waals surface area (Å²) >= 11 is 0. The number of benzene rings is 1. The number of guanidine groups is 1. The van der Waals surface area contributed by atoms with Crippen LogP contribution in [0.5, 0.6) is 5.75 Å². The second-order valence-corrected chi connectivity index (χ2v) is 6.63. The van der Waals surface area contributed by atoms with Crippen LogP contribution in [0.15, 0.2) is 29.3 Å². The fraction of sp³-hybridized carbons (Fsp3) is 0.632. The number of para-hydroxylation sites is 1. The molecule has 0 spiro atoms. The molecule has 1 aromatic carbocycles. The number of methoxy groups -OCH3 is 1. The van der Waals surface area contributed by atoms with Gasteiger partial charge in [0, 0.05) is 38.8 Å². The summed E-state index contributed by atoms with van der Waals surface area (Å²) in [6, 6.07) is 8.16. The summed E-state index contributed by atoms with van der Waals surface area (Å²) in [5, 5.41) is 3.41. The molecule has 0 radical (unpaired) electrons. The first-order chi connectivity index (χ1) is 11.6. The summed E-state index contributed by atoms with van der Waals surface area (Å²) in [6.07, 6.45) is 2.56. The molecule has 134 valence electrons. The van der Waals surface area contributed by atoms with Crippen LogP contribution in [0, 0.1) is 5.92 Å². The lowest BCUT2D eigenvalue weighted by atomic mass is 9.99. The lowest BCUT2D eigenvalue weighted by molar-refractivity contribution is 0.214. The molecular formula is C19H32N4O. The lowest BCUT2D eigenvalue weighted by Crippen LogP contribution is -2.39. The van der Waals surface area contributed by atoms with Crippen LogP contribution in [-0.2, 0) is 6.54 Å². The van der Waals surface area contributed by atoms with Crippen LogP contribution in [0.2, 0.25) is 0 Å². The first-order valence-electron chi connectivity index (χ1n) is 8.94. The zero-order valence-corrected chi connectivity index (χ0v) is 15.6. The van der Waals surface area contributed by atoms with Gasteiger partial charge in [-0.25, -0.2) is 0 Å². The highest BCUT2D eigenvalue weighted by Gasteiger charge is 2.17. The Hall–Kier alpha value is -1.75. The van der Waals surface area contributed by atoms with Crippen LogP contribution < -0.4 is 10.1 Å². The molecule has 1 unspecified atom stereocenters. The molecule has 24 heavy (non-hydrogen) atoms. The third-order valence-electron chi connectivity index (χ3n) is 4.52. The number of rotatable bonds is 6. The minimum absolute atomic E-state index is 0.664. The van der Waals surface area contributed by atoms with E-state index in [0.717, 1.165) is 37.9 Å². The minimum atomic E-state index is 0.664. The van der Waals surface area contributed by atoms with E-state index in [1.54, 1.807) is 7.11 Å². The van der Waals surface area contributed by atoms with Gasteiger partial charge in [0.25, 0.3) is 0 Å². The average Bonchev–Trinajstić information content (AvgIpc) is 2.59. The van der Waals surface area contributed by atoms with Gasteiger partial charge in [-0.2, -0.15) is 0 Å². The first-order valence-corrected chi connectivity index (χ1v) is 8.94. The molecule has 1 fully saturated rings. The normalized spacial score (nSPS) is 19.2. The van der Waals surface area contributed by atoms with Crippen molar-refractivity contribution in [1.29, 1.82) is 0 Å². The van der Waals surface area contributed by atoms with Gasteiger partial charge in [0.05, 0.1) is 7.11 Å². The summed E-state index contributed by atoms with van der Waals surface area (Å²) in [7, 11) is 6.01. The molecule has 0 amide bonds. The number of hydrogen-bond acceptors (Lipinski definition) is 3. The molecule has 5 nitrogen and oxygen atoms in total. The Balaban J connectivity index is 2.01. The molecule has 0 bridgehead atoms. The minimum Gasteiger partial charge on any atom is -0.496 e. The molecule has 1 aliphatic heterocycles. The Morgan fingerprint density at radius 2 is 2.21 bits per heavy atom. The van der Waals surface area contributed by atoms with Gasteiger partial charge in [0.1, 0.15) is 5.75 Å².